The predicted molar refractivity (Wildman–Crippen MR) is 88.8 cm³/mol. The second kappa shape index (κ2) is 7.45. The number of carbonyl (C=O) groups is 2. The summed E-state index contributed by atoms with van der Waals surface area (Å²) in [5, 5.41) is 11.3. The molecule has 1 N–H and O–H groups in total. The average Bonchev–Trinajstić information content (AvgIpc) is 2.88. The lowest BCUT2D eigenvalue weighted by atomic mass is 10.2. The zero-order valence-corrected chi connectivity index (χ0v) is 14.2. The van der Waals surface area contributed by atoms with Crippen molar-refractivity contribution in [2.75, 3.05) is 23.4 Å². The van der Waals surface area contributed by atoms with Crippen LogP contribution in [0, 0.1) is 11.3 Å². The lowest BCUT2D eigenvalue weighted by Crippen LogP contribution is -2.42. The van der Waals surface area contributed by atoms with Crippen molar-refractivity contribution in [2.24, 2.45) is 0 Å². The smallest absolute Gasteiger partial charge is 0.233 e. The van der Waals surface area contributed by atoms with Crippen LogP contribution in [0.2, 0.25) is 0 Å². The van der Waals surface area contributed by atoms with Gasteiger partial charge in [-0.2, -0.15) is 5.26 Å². The van der Waals surface area contributed by atoms with Gasteiger partial charge in [0.05, 0.1) is 23.1 Å². The van der Waals surface area contributed by atoms with E-state index in [4.69, 9.17) is 5.26 Å². The van der Waals surface area contributed by atoms with E-state index in [1.807, 2.05) is 6.07 Å². The van der Waals surface area contributed by atoms with E-state index in [0.29, 0.717) is 24.2 Å². The van der Waals surface area contributed by atoms with E-state index in [2.05, 4.69) is 5.32 Å². The fourth-order valence-corrected chi connectivity index (χ4v) is 4.46. The highest BCUT2D eigenvalue weighted by Crippen LogP contribution is 2.18. The SMILES string of the molecule is CCN(C(=O)CC(=O)Nc1ccc(C#N)cc1)C1CCS(=O)(=O)C1. The van der Waals surface area contributed by atoms with Crippen LogP contribution >= 0.6 is 0 Å². The minimum absolute atomic E-state index is 0.0379. The van der Waals surface area contributed by atoms with Crippen molar-refractivity contribution >= 4 is 27.3 Å². The zero-order chi connectivity index (χ0) is 17.7. The molecule has 2 amide bonds. The van der Waals surface area contributed by atoms with Crippen LogP contribution in [0.25, 0.3) is 0 Å². The number of nitrogens with one attached hydrogen (secondary N) is 1. The summed E-state index contributed by atoms with van der Waals surface area (Å²) in [6.45, 7) is 2.13. The molecule has 8 heteroatoms. The molecule has 128 valence electrons. The summed E-state index contributed by atoms with van der Waals surface area (Å²) in [6, 6.07) is 7.93. The number of carbonyl (C=O) groups excluding carboxylic acids is 2. The Morgan fingerprint density at radius 2 is 2.00 bits per heavy atom. The Labute approximate surface area is 141 Å². The topological polar surface area (TPSA) is 107 Å². The number of sulfone groups is 1. The molecule has 1 fully saturated rings. The number of rotatable bonds is 5. The molecule has 1 aromatic rings. The summed E-state index contributed by atoms with van der Waals surface area (Å²) in [6.07, 6.45) is 0.0730. The van der Waals surface area contributed by atoms with Gasteiger partial charge in [0.25, 0.3) is 0 Å². The van der Waals surface area contributed by atoms with Gasteiger partial charge >= 0.3 is 0 Å². The number of nitrogens with zero attached hydrogens (tertiary/aromatic N) is 2. The number of benzene rings is 1. The van der Waals surface area contributed by atoms with Gasteiger partial charge < -0.3 is 10.2 Å². The van der Waals surface area contributed by atoms with Gasteiger partial charge in [0.15, 0.2) is 9.84 Å². The van der Waals surface area contributed by atoms with Crippen molar-refractivity contribution in [3.8, 4) is 6.07 Å². The largest absolute Gasteiger partial charge is 0.338 e. The van der Waals surface area contributed by atoms with Crippen LogP contribution in [0.15, 0.2) is 24.3 Å². The Bertz CT molecular complexity index is 766. The predicted octanol–water partition coefficient (Wildman–Crippen LogP) is 0.922. The summed E-state index contributed by atoms with van der Waals surface area (Å²) in [5.74, 6) is -0.808. The van der Waals surface area contributed by atoms with Crippen molar-refractivity contribution in [3.05, 3.63) is 29.8 Å². The molecule has 0 bridgehead atoms. The van der Waals surface area contributed by atoms with E-state index in [1.54, 1.807) is 31.2 Å². The second-order valence-corrected chi connectivity index (χ2v) is 7.88. The van der Waals surface area contributed by atoms with Gasteiger partial charge in [-0.15, -0.1) is 0 Å². The summed E-state index contributed by atoms with van der Waals surface area (Å²) in [4.78, 5) is 25.8. The molecule has 0 spiro atoms. The Morgan fingerprint density at radius 1 is 1.33 bits per heavy atom. The minimum Gasteiger partial charge on any atom is -0.338 e. The molecule has 1 aromatic carbocycles. The lowest BCUT2D eigenvalue weighted by molar-refractivity contribution is -0.135. The van der Waals surface area contributed by atoms with Gasteiger partial charge in [0, 0.05) is 18.3 Å². The molecule has 1 aliphatic rings. The summed E-state index contributed by atoms with van der Waals surface area (Å²) < 4.78 is 23.1. The van der Waals surface area contributed by atoms with Gasteiger partial charge in [0.1, 0.15) is 6.42 Å². The third kappa shape index (κ3) is 4.55. The van der Waals surface area contributed by atoms with Gasteiger partial charge in [-0.05, 0) is 37.6 Å². The highest BCUT2D eigenvalue weighted by atomic mass is 32.2. The molecule has 0 radical (unpaired) electrons. The third-order valence-corrected chi connectivity index (χ3v) is 5.67. The highest BCUT2D eigenvalue weighted by Gasteiger charge is 2.34. The van der Waals surface area contributed by atoms with Crippen molar-refractivity contribution < 1.29 is 18.0 Å². The molecule has 2 rings (SSSR count). The highest BCUT2D eigenvalue weighted by molar-refractivity contribution is 7.91. The molecule has 7 nitrogen and oxygen atoms in total. The van der Waals surface area contributed by atoms with E-state index in [-0.39, 0.29) is 29.9 Å². The Morgan fingerprint density at radius 3 is 2.50 bits per heavy atom. The maximum Gasteiger partial charge on any atom is 0.233 e. The zero-order valence-electron chi connectivity index (χ0n) is 13.4. The standard InChI is InChI=1S/C16H19N3O4S/c1-2-19(14-7-8-24(22,23)11-14)16(21)9-15(20)18-13-5-3-12(10-17)4-6-13/h3-6,14H,2,7-9,11H2,1H3,(H,18,20). The molecule has 1 atom stereocenters. The fourth-order valence-electron chi connectivity index (χ4n) is 2.73. The van der Waals surface area contributed by atoms with Crippen molar-refractivity contribution in [2.45, 2.75) is 25.8 Å². The number of nitriles is 1. The minimum atomic E-state index is -3.09. The Kier molecular flexibility index (Phi) is 5.57. The molecular formula is C16H19N3O4S. The van der Waals surface area contributed by atoms with Crippen LogP contribution in [0.4, 0.5) is 5.69 Å². The number of anilines is 1. The summed E-state index contributed by atoms with van der Waals surface area (Å²) in [7, 11) is -3.09. The van der Waals surface area contributed by atoms with Gasteiger partial charge in [0.2, 0.25) is 11.8 Å². The van der Waals surface area contributed by atoms with Crippen LogP contribution in [0.5, 0.6) is 0 Å². The normalized spacial score (nSPS) is 18.6. The monoisotopic (exact) mass is 349 g/mol. The van der Waals surface area contributed by atoms with E-state index in [1.165, 1.54) is 4.90 Å². The van der Waals surface area contributed by atoms with Crippen molar-refractivity contribution in [3.63, 3.8) is 0 Å². The number of hydrogen-bond acceptors (Lipinski definition) is 5. The first kappa shape index (κ1) is 17.9. The van der Waals surface area contributed by atoms with Gasteiger partial charge in [-0.25, -0.2) is 8.42 Å². The van der Waals surface area contributed by atoms with Crippen LogP contribution in [0.3, 0.4) is 0 Å². The van der Waals surface area contributed by atoms with Gasteiger partial charge in [-0.3, -0.25) is 9.59 Å². The second-order valence-electron chi connectivity index (χ2n) is 5.65. The average molecular weight is 349 g/mol. The lowest BCUT2D eigenvalue weighted by Gasteiger charge is -2.26. The first-order valence-corrected chi connectivity index (χ1v) is 9.46. The molecule has 1 heterocycles. The van der Waals surface area contributed by atoms with E-state index in [0.717, 1.165) is 0 Å². The molecule has 1 aliphatic heterocycles. The first-order valence-electron chi connectivity index (χ1n) is 7.64. The molecule has 0 aliphatic carbocycles. The van der Waals surface area contributed by atoms with E-state index < -0.39 is 15.7 Å². The van der Waals surface area contributed by atoms with Crippen molar-refractivity contribution in [1.29, 1.82) is 5.26 Å². The Hall–Kier alpha value is -2.40. The van der Waals surface area contributed by atoms with Crippen LogP contribution in [0.1, 0.15) is 25.3 Å². The van der Waals surface area contributed by atoms with Crippen LogP contribution in [-0.2, 0) is 19.4 Å². The van der Waals surface area contributed by atoms with E-state index >= 15 is 0 Å². The molecule has 0 saturated carbocycles. The quantitative estimate of drug-likeness (QED) is 0.796. The maximum atomic E-state index is 12.3. The Balaban J connectivity index is 1.94. The van der Waals surface area contributed by atoms with Gasteiger partial charge in [-0.1, -0.05) is 0 Å². The summed E-state index contributed by atoms with van der Waals surface area (Å²) >= 11 is 0. The fraction of sp³-hybridized carbons (Fsp3) is 0.438. The van der Waals surface area contributed by atoms with Crippen LogP contribution < -0.4 is 5.32 Å². The number of hydrogen-bond donors (Lipinski definition) is 1. The molecule has 1 unspecified atom stereocenters. The van der Waals surface area contributed by atoms with Crippen molar-refractivity contribution in [1.82, 2.24) is 4.90 Å². The molecule has 1 saturated heterocycles. The molecule has 0 aromatic heterocycles. The summed E-state index contributed by atoms with van der Waals surface area (Å²) in [5.41, 5.74) is 0.974. The third-order valence-electron chi connectivity index (χ3n) is 3.92. The van der Waals surface area contributed by atoms with E-state index in [9.17, 15) is 18.0 Å². The maximum absolute atomic E-state index is 12.3. The van der Waals surface area contributed by atoms with Crippen LogP contribution in [-0.4, -0.2) is 49.2 Å². The first-order chi connectivity index (χ1) is 11.3. The molecule has 24 heavy (non-hydrogen) atoms. The number of amides is 2. The molecular weight excluding hydrogens is 330 g/mol.